The van der Waals surface area contributed by atoms with E-state index in [2.05, 4.69) is 17.6 Å². The average molecular weight is 198 g/mol. The summed E-state index contributed by atoms with van der Waals surface area (Å²) in [5, 5.41) is 5.57. The number of nitrogens with one attached hydrogen (secondary N) is 2. The highest BCUT2D eigenvalue weighted by molar-refractivity contribution is 5.89. The van der Waals surface area contributed by atoms with Gasteiger partial charge < -0.3 is 10.6 Å². The fourth-order valence-electron chi connectivity index (χ4n) is 1.66. The molecule has 0 aromatic carbocycles. The monoisotopic (exact) mass is 198 g/mol. The van der Waals surface area contributed by atoms with Crippen LogP contribution in [0.3, 0.4) is 0 Å². The van der Waals surface area contributed by atoms with E-state index >= 15 is 0 Å². The van der Waals surface area contributed by atoms with Gasteiger partial charge in [0.1, 0.15) is 0 Å². The lowest BCUT2D eigenvalue weighted by Crippen LogP contribution is -2.37. The van der Waals surface area contributed by atoms with Gasteiger partial charge in [-0.05, 0) is 13.3 Å². The van der Waals surface area contributed by atoms with Gasteiger partial charge in [0.25, 0.3) is 0 Å². The Morgan fingerprint density at radius 2 is 2.43 bits per heavy atom. The zero-order valence-electron chi connectivity index (χ0n) is 8.80. The highest BCUT2D eigenvalue weighted by Gasteiger charge is 2.28. The van der Waals surface area contributed by atoms with Crippen molar-refractivity contribution >= 4 is 11.8 Å². The molecule has 0 aromatic rings. The molecule has 0 spiro atoms. The van der Waals surface area contributed by atoms with E-state index in [9.17, 15) is 9.59 Å². The number of hydrogen-bond donors (Lipinski definition) is 2. The zero-order valence-corrected chi connectivity index (χ0v) is 8.80. The molecule has 4 nitrogen and oxygen atoms in total. The third kappa shape index (κ3) is 3.01. The van der Waals surface area contributed by atoms with Crippen LogP contribution in [0.25, 0.3) is 0 Å². The van der Waals surface area contributed by atoms with E-state index in [1.807, 2.05) is 6.92 Å². The quantitative estimate of drug-likeness (QED) is 0.688. The number of carbonyl (C=O) groups excluding carboxylic acids is 2. The molecule has 0 aliphatic carbocycles. The topological polar surface area (TPSA) is 58.2 Å². The summed E-state index contributed by atoms with van der Waals surface area (Å²) >= 11 is 0. The van der Waals surface area contributed by atoms with Gasteiger partial charge in [-0.1, -0.05) is 13.3 Å². The van der Waals surface area contributed by atoms with Gasteiger partial charge in [-0.2, -0.15) is 0 Å². The Bertz CT molecular complexity index is 228. The molecule has 2 atom stereocenters. The Morgan fingerprint density at radius 3 is 2.93 bits per heavy atom. The molecular formula is C10H18N2O2. The van der Waals surface area contributed by atoms with Gasteiger partial charge in [-0.15, -0.1) is 0 Å². The van der Waals surface area contributed by atoms with Gasteiger partial charge in [0.15, 0.2) is 0 Å². The first-order chi connectivity index (χ1) is 6.63. The smallest absolute Gasteiger partial charge is 0.225 e. The van der Waals surface area contributed by atoms with Crippen LogP contribution in [0.4, 0.5) is 0 Å². The molecule has 1 aliphatic heterocycles. The third-order valence-corrected chi connectivity index (χ3v) is 2.46. The van der Waals surface area contributed by atoms with Crippen molar-refractivity contribution in [2.45, 2.75) is 39.2 Å². The van der Waals surface area contributed by atoms with Crippen LogP contribution in [0.15, 0.2) is 0 Å². The number of carbonyl (C=O) groups is 2. The van der Waals surface area contributed by atoms with Gasteiger partial charge in [0.05, 0.1) is 5.92 Å². The van der Waals surface area contributed by atoms with E-state index < -0.39 is 0 Å². The first-order valence-electron chi connectivity index (χ1n) is 5.20. The molecule has 1 saturated heterocycles. The summed E-state index contributed by atoms with van der Waals surface area (Å²) in [6.07, 6.45) is 2.38. The van der Waals surface area contributed by atoms with E-state index in [0.29, 0.717) is 13.0 Å². The third-order valence-electron chi connectivity index (χ3n) is 2.46. The molecule has 2 N–H and O–H groups in total. The largest absolute Gasteiger partial charge is 0.355 e. The summed E-state index contributed by atoms with van der Waals surface area (Å²) in [5.74, 6) is -0.181. The van der Waals surface area contributed by atoms with Gasteiger partial charge in [-0.3, -0.25) is 9.59 Å². The predicted molar refractivity (Wildman–Crippen MR) is 53.6 cm³/mol. The van der Waals surface area contributed by atoms with E-state index in [1.165, 1.54) is 0 Å². The number of hydrogen-bond acceptors (Lipinski definition) is 2. The molecule has 1 heterocycles. The molecule has 0 radical (unpaired) electrons. The summed E-state index contributed by atoms with van der Waals surface area (Å²) < 4.78 is 0. The minimum atomic E-state index is -0.165. The molecule has 2 unspecified atom stereocenters. The second-order valence-electron chi connectivity index (χ2n) is 3.90. The Morgan fingerprint density at radius 1 is 1.71 bits per heavy atom. The second-order valence-corrected chi connectivity index (χ2v) is 3.90. The van der Waals surface area contributed by atoms with Gasteiger partial charge >= 0.3 is 0 Å². The minimum Gasteiger partial charge on any atom is -0.355 e. The van der Waals surface area contributed by atoms with Crippen molar-refractivity contribution < 1.29 is 9.59 Å². The van der Waals surface area contributed by atoms with Crippen molar-refractivity contribution in [1.82, 2.24) is 10.6 Å². The average Bonchev–Trinajstić information content (AvgIpc) is 2.52. The lowest BCUT2D eigenvalue weighted by Gasteiger charge is -2.15. The fourth-order valence-corrected chi connectivity index (χ4v) is 1.66. The predicted octanol–water partition coefficient (Wildman–Crippen LogP) is 0.427. The molecule has 14 heavy (non-hydrogen) atoms. The summed E-state index contributed by atoms with van der Waals surface area (Å²) in [7, 11) is 0. The molecule has 0 aromatic heterocycles. The molecule has 4 heteroatoms. The first-order valence-corrected chi connectivity index (χ1v) is 5.20. The lowest BCUT2D eigenvalue weighted by molar-refractivity contribution is -0.127. The summed E-state index contributed by atoms with van der Waals surface area (Å²) in [6.45, 7) is 4.57. The normalized spacial score (nSPS) is 23.0. The lowest BCUT2D eigenvalue weighted by atomic mass is 10.1. The van der Waals surface area contributed by atoms with Crippen molar-refractivity contribution in [3.05, 3.63) is 0 Å². The van der Waals surface area contributed by atoms with Crippen molar-refractivity contribution in [1.29, 1.82) is 0 Å². The Kier molecular flexibility index (Phi) is 3.92. The van der Waals surface area contributed by atoms with E-state index in [-0.39, 0.29) is 23.8 Å². The number of amides is 2. The van der Waals surface area contributed by atoms with Gasteiger partial charge in [0.2, 0.25) is 11.8 Å². The molecule has 1 rings (SSSR count). The Labute approximate surface area is 84.4 Å². The van der Waals surface area contributed by atoms with Crippen molar-refractivity contribution in [2.75, 3.05) is 6.54 Å². The molecule has 0 saturated carbocycles. The first kappa shape index (κ1) is 11.0. The molecule has 1 aliphatic rings. The SMILES string of the molecule is CCCC(C)NC(=O)C1CNC(=O)C1. The van der Waals surface area contributed by atoms with Gasteiger partial charge in [0, 0.05) is 19.0 Å². The van der Waals surface area contributed by atoms with Gasteiger partial charge in [-0.25, -0.2) is 0 Å². The van der Waals surface area contributed by atoms with E-state index in [4.69, 9.17) is 0 Å². The molecule has 2 amide bonds. The molecular weight excluding hydrogens is 180 g/mol. The van der Waals surface area contributed by atoms with Crippen LogP contribution in [0.2, 0.25) is 0 Å². The second kappa shape index (κ2) is 4.98. The summed E-state index contributed by atoms with van der Waals surface area (Å²) in [4.78, 5) is 22.5. The van der Waals surface area contributed by atoms with Crippen LogP contribution in [0, 0.1) is 5.92 Å². The van der Waals surface area contributed by atoms with Crippen molar-refractivity contribution in [3.8, 4) is 0 Å². The standard InChI is InChI=1S/C10H18N2O2/c1-3-4-7(2)12-10(14)8-5-9(13)11-6-8/h7-8H,3-6H2,1-2H3,(H,11,13)(H,12,14). The maximum atomic E-state index is 11.6. The Hall–Kier alpha value is -1.06. The fraction of sp³-hybridized carbons (Fsp3) is 0.800. The highest BCUT2D eigenvalue weighted by Crippen LogP contribution is 2.09. The number of rotatable bonds is 4. The maximum Gasteiger partial charge on any atom is 0.225 e. The maximum absolute atomic E-state index is 11.6. The van der Waals surface area contributed by atoms with Crippen molar-refractivity contribution in [3.63, 3.8) is 0 Å². The summed E-state index contributed by atoms with van der Waals surface area (Å²) in [5.41, 5.74) is 0. The van der Waals surface area contributed by atoms with E-state index in [1.54, 1.807) is 0 Å². The van der Waals surface area contributed by atoms with Crippen LogP contribution < -0.4 is 10.6 Å². The van der Waals surface area contributed by atoms with Crippen LogP contribution in [0.1, 0.15) is 33.1 Å². The van der Waals surface area contributed by atoms with Crippen LogP contribution >= 0.6 is 0 Å². The molecule has 80 valence electrons. The van der Waals surface area contributed by atoms with E-state index in [0.717, 1.165) is 12.8 Å². The summed E-state index contributed by atoms with van der Waals surface area (Å²) in [6, 6.07) is 0.211. The van der Waals surface area contributed by atoms with Crippen molar-refractivity contribution in [2.24, 2.45) is 5.92 Å². The van der Waals surface area contributed by atoms with Crippen LogP contribution in [-0.4, -0.2) is 24.4 Å². The zero-order chi connectivity index (χ0) is 10.6. The minimum absolute atomic E-state index is 0.00398. The van der Waals surface area contributed by atoms with Crippen LogP contribution in [0.5, 0.6) is 0 Å². The van der Waals surface area contributed by atoms with Crippen LogP contribution in [-0.2, 0) is 9.59 Å². The highest BCUT2D eigenvalue weighted by atomic mass is 16.2. The Balaban J connectivity index is 2.31. The molecule has 1 fully saturated rings. The molecule has 0 bridgehead atoms.